The second-order valence-corrected chi connectivity index (χ2v) is 6.22. The van der Waals surface area contributed by atoms with Gasteiger partial charge in [0.1, 0.15) is 0 Å². The fourth-order valence-corrected chi connectivity index (χ4v) is 3.18. The lowest BCUT2D eigenvalue weighted by molar-refractivity contribution is -0.149. The molecule has 136 valence electrons. The predicted molar refractivity (Wildman–Crippen MR) is 90.3 cm³/mol. The fraction of sp³-hybridized carbons (Fsp3) is 0.647. The average Bonchev–Trinajstić information content (AvgIpc) is 2.68. The van der Waals surface area contributed by atoms with Crippen molar-refractivity contribution in [3.8, 4) is 0 Å². The van der Waals surface area contributed by atoms with E-state index >= 15 is 0 Å². The summed E-state index contributed by atoms with van der Waals surface area (Å²) in [6, 6.07) is 3.52. The van der Waals surface area contributed by atoms with Gasteiger partial charge >= 0.3 is 5.97 Å². The highest BCUT2D eigenvalue weighted by Crippen LogP contribution is 2.20. The topological polar surface area (TPSA) is 84.9 Å². The highest BCUT2D eigenvalue weighted by atomic mass is 16.5. The number of hydrogen-bond acceptors (Lipinski definition) is 7. The molecule has 2 saturated heterocycles. The summed E-state index contributed by atoms with van der Waals surface area (Å²) in [5.74, 6) is 0.0879. The highest BCUT2D eigenvalue weighted by molar-refractivity contribution is 5.92. The first-order valence-corrected chi connectivity index (χ1v) is 8.81. The number of aromatic nitrogens is 2. The van der Waals surface area contributed by atoms with E-state index in [0.717, 1.165) is 31.7 Å². The minimum Gasteiger partial charge on any atom is -0.466 e. The number of anilines is 1. The molecule has 1 amide bonds. The molecule has 1 atom stereocenters. The van der Waals surface area contributed by atoms with Crippen molar-refractivity contribution in [2.45, 2.75) is 19.8 Å². The van der Waals surface area contributed by atoms with E-state index < -0.39 is 0 Å². The number of rotatable bonds is 4. The first-order chi connectivity index (χ1) is 12.2. The van der Waals surface area contributed by atoms with Gasteiger partial charge in [-0.05, 0) is 31.9 Å². The monoisotopic (exact) mass is 348 g/mol. The Kier molecular flexibility index (Phi) is 5.80. The van der Waals surface area contributed by atoms with Gasteiger partial charge in [-0.2, -0.15) is 0 Å². The van der Waals surface area contributed by atoms with E-state index in [1.54, 1.807) is 17.9 Å². The Morgan fingerprint density at radius 3 is 2.72 bits per heavy atom. The third-order valence-electron chi connectivity index (χ3n) is 4.53. The molecule has 2 aliphatic heterocycles. The SMILES string of the molecule is CCOC(=O)C1CCCN(C(=O)c2ccc(N3CCOCC3)nn2)C1. The summed E-state index contributed by atoms with van der Waals surface area (Å²) in [5.41, 5.74) is 0.307. The zero-order valence-corrected chi connectivity index (χ0v) is 14.5. The van der Waals surface area contributed by atoms with Crippen molar-refractivity contribution in [3.05, 3.63) is 17.8 Å². The van der Waals surface area contributed by atoms with E-state index in [2.05, 4.69) is 15.1 Å². The van der Waals surface area contributed by atoms with Crippen LogP contribution in [-0.4, -0.2) is 73.0 Å². The second-order valence-electron chi connectivity index (χ2n) is 6.22. The Labute approximate surface area is 147 Å². The van der Waals surface area contributed by atoms with Gasteiger partial charge in [0, 0.05) is 26.2 Å². The fourth-order valence-electron chi connectivity index (χ4n) is 3.18. The molecule has 1 unspecified atom stereocenters. The van der Waals surface area contributed by atoms with Crippen LogP contribution >= 0.6 is 0 Å². The maximum Gasteiger partial charge on any atom is 0.310 e. The normalized spacial score (nSPS) is 21.1. The van der Waals surface area contributed by atoms with E-state index in [4.69, 9.17) is 9.47 Å². The molecule has 8 nitrogen and oxygen atoms in total. The highest BCUT2D eigenvalue weighted by Gasteiger charge is 2.30. The molecule has 1 aromatic rings. The first kappa shape index (κ1) is 17.6. The number of esters is 1. The maximum atomic E-state index is 12.7. The summed E-state index contributed by atoms with van der Waals surface area (Å²) in [6.07, 6.45) is 1.54. The summed E-state index contributed by atoms with van der Waals surface area (Å²) in [6.45, 7) is 6.04. The second kappa shape index (κ2) is 8.24. The van der Waals surface area contributed by atoms with Gasteiger partial charge in [0.2, 0.25) is 0 Å². The van der Waals surface area contributed by atoms with Gasteiger partial charge in [-0.15, -0.1) is 10.2 Å². The van der Waals surface area contributed by atoms with E-state index in [1.165, 1.54) is 0 Å². The predicted octanol–water partition coefficient (Wildman–Crippen LogP) is 0.728. The molecule has 3 heterocycles. The number of amides is 1. The van der Waals surface area contributed by atoms with E-state index in [9.17, 15) is 9.59 Å². The third kappa shape index (κ3) is 4.25. The lowest BCUT2D eigenvalue weighted by Crippen LogP contribution is -2.43. The molecule has 8 heteroatoms. The van der Waals surface area contributed by atoms with Crippen molar-refractivity contribution < 1.29 is 19.1 Å². The van der Waals surface area contributed by atoms with Crippen molar-refractivity contribution in [3.63, 3.8) is 0 Å². The van der Waals surface area contributed by atoms with Crippen LogP contribution in [0.3, 0.4) is 0 Å². The summed E-state index contributed by atoms with van der Waals surface area (Å²) in [7, 11) is 0. The molecule has 0 saturated carbocycles. The summed E-state index contributed by atoms with van der Waals surface area (Å²) >= 11 is 0. The number of ether oxygens (including phenoxy) is 2. The molecule has 3 rings (SSSR count). The van der Waals surface area contributed by atoms with Gasteiger partial charge in [0.25, 0.3) is 5.91 Å². The third-order valence-corrected chi connectivity index (χ3v) is 4.53. The van der Waals surface area contributed by atoms with Crippen molar-refractivity contribution in [2.24, 2.45) is 5.92 Å². The largest absolute Gasteiger partial charge is 0.466 e. The van der Waals surface area contributed by atoms with Gasteiger partial charge in [0.05, 0.1) is 25.7 Å². The van der Waals surface area contributed by atoms with Gasteiger partial charge in [-0.3, -0.25) is 9.59 Å². The minimum atomic E-state index is -0.252. The van der Waals surface area contributed by atoms with Crippen molar-refractivity contribution in [2.75, 3.05) is 50.9 Å². The number of piperidine rings is 1. The minimum absolute atomic E-state index is 0.185. The van der Waals surface area contributed by atoms with Crippen LogP contribution in [-0.2, 0) is 14.3 Å². The smallest absolute Gasteiger partial charge is 0.310 e. The van der Waals surface area contributed by atoms with Crippen LogP contribution in [0.15, 0.2) is 12.1 Å². The Bertz CT molecular complexity index is 601. The quantitative estimate of drug-likeness (QED) is 0.742. The van der Waals surface area contributed by atoms with Crippen molar-refractivity contribution in [1.29, 1.82) is 0 Å². The molecule has 0 N–H and O–H groups in total. The molecule has 0 radical (unpaired) electrons. The van der Waals surface area contributed by atoms with Crippen LogP contribution in [0.5, 0.6) is 0 Å². The van der Waals surface area contributed by atoms with Crippen molar-refractivity contribution in [1.82, 2.24) is 15.1 Å². The van der Waals surface area contributed by atoms with Crippen LogP contribution in [0.4, 0.5) is 5.82 Å². The molecule has 25 heavy (non-hydrogen) atoms. The summed E-state index contributed by atoms with van der Waals surface area (Å²) in [5, 5.41) is 8.28. The molecule has 1 aromatic heterocycles. The average molecular weight is 348 g/mol. The number of carbonyl (C=O) groups excluding carboxylic acids is 2. The molecule has 2 fully saturated rings. The van der Waals surface area contributed by atoms with E-state index in [-0.39, 0.29) is 17.8 Å². The number of hydrogen-bond donors (Lipinski definition) is 0. The molecule has 0 aromatic carbocycles. The van der Waals surface area contributed by atoms with Crippen LogP contribution in [0, 0.1) is 5.92 Å². The lowest BCUT2D eigenvalue weighted by Gasteiger charge is -2.31. The summed E-state index contributed by atoms with van der Waals surface area (Å²) < 4.78 is 10.4. The van der Waals surface area contributed by atoms with Crippen LogP contribution in [0.25, 0.3) is 0 Å². The number of carbonyl (C=O) groups is 2. The Hall–Kier alpha value is -2.22. The lowest BCUT2D eigenvalue weighted by atomic mass is 9.98. The van der Waals surface area contributed by atoms with E-state index in [1.807, 2.05) is 6.07 Å². The maximum absolute atomic E-state index is 12.7. The van der Waals surface area contributed by atoms with Crippen LogP contribution in [0.2, 0.25) is 0 Å². The van der Waals surface area contributed by atoms with Gasteiger partial charge in [-0.25, -0.2) is 0 Å². The van der Waals surface area contributed by atoms with Gasteiger partial charge < -0.3 is 19.3 Å². The Morgan fingerprint density at radius 2 is 2.04 bits per heavy atom. The number of nitrogens with zero attached hydrogens (tertiary/aromatic N) is 4. The van der Waals surface area contributed by atoms with Gasteiger partial charge in [-0.1, -0.05) is 0 Å². The molecule has 0 spiro atoms. The molecule has 0 bridgehead atoms. The standard InChI is InChI=1S/C17H24N4O4/c1-2-25-17(23)13-4-3-7-21(12-13)16(22)14-5-6-15(19-18-14)20-8-10-24-11-9-20/h5-6,13H,2-4,7-12H2,1H3. The van der Waals surface area contributed by atoms with Gasteiger partial charge in [0.15, 0.2) is 11.5 Å². The molecular weight excluding hydrogens is 324 g/mol. The zero-order valence-electron chi connectivity index (χ0n) is 14.5. The number of morpholine rings is 1. The summed E-state index contributed by atoms with van der Waals surface area (Å²) in [4.78, 5) is 28.3. The molecular formula is C17H24N4O4. The van der Waals surface area contributed by atoms with Crippen LogP contribution < -0.4 is 4.90 Å². The Balaban J connectivity index is 1.62. The number of likely N-dealkylation sites (tertiary alicyclic amines) is 1. The molecule has 2 aliphatic rings. The first-order valence-electron chi connectivity index (χ1n) is 8.81. The molecule has 0 aliphatic carbocycles. The zero-order chi connectivity index (χ0) is 17.6. The van der Waals surface area contributed by atoms with E-state index in [0.29, 0.717) is 38.6 Å². The van der Waals surface area contributed by atoms with Crippen molar-refractivity contribution >= 4 is 17.7 Å². The Morgan fingerprint density at radius 1 is 1.24 bits per heavy atom. The van der Waals surface area contributed by atoms with Crippen LogP contribution in [0.1, 0.15) is 30.3 Å².